The highest BCUT2D eigenvalue weighted by Gasteiger charge is 2.53. The van der Waals surface area contributed by atoms with E-state index in [1.165, 1.54) is 0 Å². The number of rotatable bonds is 41. The molecule has 0 unspecified atom stereocenters. The van der Waals surface area contributed by atoms with Gasteiger partial charge in [0.15, 0.2) is 0 Å². The average Bonchev–Trinajstić information content (AvgIpc) is 2.04. The molecule has 4 aromatic rings. The van der Waals surface area contributed by atoms with E-state index in [0.29, 0.717) is 25.7 Å². The number of nitrogens with zero attached hydrogens (tertiary/aromatic N) is 1. The summed E-state index contributed by atoms with van der Waals surface area (Å²) in [5.74, 6) is -0.833. The standard InChI is InChI=1S/C65H98NO10PSi2/c1-9-11-13-15-17-19-21-23-37-48-62(67)70-52-56(75-78(64(3,4)5,58-40-29-25-30-41-58)59-42-31-26-32-43-59)54-73-77(69,72-51-39-50-66)74-55-57(53-71-63(68)49-38-24-22-20-18-16-14-12-10-2)76-79(65(6,7)8,60-44-33-27-34-45-60)61-46-35-28-36-47-61/h25-36,40-47,56-57H,9-24,37-39,48-49,51-55H2,1-8H3/t56-,57-/m0/s1/i1D3,2D3. The smallest absolute Gasteiger partial charge is 0.463 e. The second-order valence-corrected chi connectivity index (χ2v) is 32.8. The largest absolute Gasteiger partial charge is 0.475 e. The fourth-order valence-electron chi connectivity index (χ4n) is 10.2. The molecule has 0 amide bonds. The third kappa shape index (κ3) is 22.6. The van der Waals surface area contributed by atoms with Crippen molar-refractivity contribution in [2.45, 2.75) is 212 Å². The first-order valence-corrected chi connectivity index (χ1v) is 34.4. The van der Waals surface area contributed by atoms with Gasteiger partial charge < -0.3 is 18.3 Å². The summed E-state index contributed by atoms with van der Waals surface area (Å²) in [4.78, 5) is 27.2. The Morgan fingerprint density at radius 2 is 0.785 bits per heavy atom. The van der Waals surface area contributed by atoms with Gasteiger partial charge in [0.25, 0.3) is 16.6 Å². The maximum Gasteiger partial charge on any atom is 0.475 e. The minimum atomic E-state index is -4.65. The van der Waals surface area contributed by atoms with Crippen LogP contribution in [0.4, 0.5) is 0 Å². The van der Waals surface area contributed by atoms with E-state index in [0.717, 1.165) is 97.8 Å². The molecule has 0 heterocycles. The molecule has 11 nitrogen and oxygen atoms in total. The highest BCUT2D eigenvalue weighted by atomic mass is 31.2. The molecule has 0 aliphatic carbocycles. The predicted octanol–water partition coefficient (Wildman–Crippen LogP) is 14.9. The molecular formula is C65H98NO10PSi2. The molecule has 0 saturated carbocycles. The Kier molecular flexibility index (Phi) is 26.6. The van der Waals surface area contributed by atoms with Gasteiger partial charge in [0.05, 0.1) is 32.3 Å². The average molecular weight is 1150 g/mol. The number of phosphoric acid groups is 1. The maximum absolute atomic E-state index is 15.3. The summed E-state index contributed by atoms with van der Waals surface area (Å²) >= 11 is 0. The van der Waals surface area contributed by atoms with Crippen molar-refractivity contribution in [1.29, 1.82) is 5.26 Å². The second-order valence-electron chi connectivity index (χ2n) is 22.6. The summed E-state index contributed by atoms with van der Waals surface area (Å²) in [6.07, 6.45) is 12.6. The van der Waals surface area contributed by atoms with Crippen LogP contribution in [0.2, 0.25) is 10.1 Å². The zero-order chi connectivity index (χ0) is 62.3. The van der Waals surface area contributed by atoms with Crippen LogP contribution in [0.1, 0.15) is 198 Å². The van der Waals surface area contributed by atoms with Gasteiger partial charge in [-0.25, -0.2) is 4.57 Å². The zero-order valence-electron chi connectivity index (χ0n) is 54.6. The first kappa shape index (κ1) is 58.0. The van der Waals surface area contributed by atoms with Crippen LogP contribution < -0.4 is 20.7 Å². The molecule has 14 heteroatoms. The Hall–Kier alpha value is -4.23. The highest BCUT2D eigenvalue weighted by Crippen LogP contribution is 2.51. The molecule has 436 valence electrons. The maximum atomic E-state index is 15.3. The predicted molar refractivity (Wildman–Crippen MR) is 326 cm³/mol. The van der Waals surface area contributed by atoms with Gasteiger partial charge in [-0.3, -0.25) is 23.2 Å². The molecule has 4 aromatic carbocycles. The minimum Gasteiger partial charge on any atom is -0.463 e. The first-order chi connectivity index (χ1) is 40.3. The third-order valence-electron chi connectivity index (χ3n) is 14.3. The van der Waals surface area contributed by atoms with Crippen LogP contribution in [0.5, 0.6) is 0 Å². The molecule has 0 aliphatic rings. The number of benzene rings is 4. The van der Waals surface area contributed by atoms with Crippen molar-refractivity contribution in [2.75, 3.05) is 33.0 Å². The monoisotopic (exact) mass is 1150 g/mol. The molecule has 0 bridgehead atoms. The van der Waals surface area contributed by atoms with E-state index in [9.17, 15) is 14.9 Å². The van der Waals surface area contributed by atoms with Gasteiger partial charge in [0.1, 0.15) is 25.4 Å². The Labute approximate surface area is 487 Å². The number of carbonyl (C=O) groups excluding carboxylic acids is 2. The molecule has 0 spiro atoms. The van der Waals surface area contributed by atoms with E-state index in [1.807, 2.05) is 127 Å². The fourth-order valence-corrected chi connectivity index (χ4v) is 20.7. The zero-order valence-corrected chi connectivity index (χ0v) is 51.5. The molecule has 0 saturated heterocycles. The van der Waals surface area contributed by atoms with Gasteiger partial charge in [-0.1, -0.05) is 279 Å². The lowest BCUT2D eigenvalue weighted by Crippen LogP contribution is -2.68. The van der Waals surface area contributed by atoms with Crippen molar-refractivity contribution in [3.05, 3.63) is 121 Å². The Bertz CT molecular complexity index is 2340. The highest BCUT2D eigenvalue weighted by molar-refractivity contribution is 7.48. The summed E-state index contributed by atoms with van der Waals surface area (Å²) in [5.41, 5.74) is 0. The van der Waals surface area contributed by atoms with E-state index in [4.69, 9.17) is 40.1 Å². The number of unbranched alkanes of at least 4 members (excludes halogenated alkanes) is 14. The van der Waals surface area contributed by atoms with E-state index in [2.05, 4.69) is 41.5 Å². The third-order valence-corrected chi connectivity index (χ3v) is 25.9. The van der Waals surface area contributed by atoms with Crippen molar-refractivity contribution in [3.8, 4) is 6.07 Å². The quantitative estimate of drug-likeness (QED) is 0.0182. The number of phosphoric ester groups is 1. The normalized spacial score (nSPS) is 14.6. The molecule has 0 radical (unpaired) electrons. The summed E-state index contributed by atoms with van der Waals surface area (Å²) in [7, 11) is -11.4. The summed E-state index contributed by atoms with van der Waals surface area (Å²) < 4.78 is 106. The van der Waals surface area contributed by atoms with Gasteiger partial charge in [-0.2, -0.15) is 5.26 Å². The number of nitriles is 1. The number of hydrogen-bond acceptors (Lipinski definition) is 11. The molecular weight excluding hydrogens is 1040 g/mol. The molecule has 0 fully saturated rings. The van der Waals surface area contributed by atoms with Crippen molar-refractivity contribution in [3.63, 3.8) is 0 Å². The lowest BCUT2D eigenvalue weighted by atomic mass is 10.1. The van der Waals surface area contributed by atoms with Crippen molar-refractivity contribution in [2.24, 2.45) is 0 Å². The number of ether oxygens (including phenoxy) is 2. The fraction of sp³-hybridized carbons (Fsp3) is 0.585. The second kappa shape index (κ2) is 36.3. The van der Waals surface area contributed by atoms with Gasteiger partial charge in [0.2, 0.25) is 0 Å². The van der Waals surface area contributed by atoms with Crippen LogP contribution in [-0.2, 0) is 46.1 Å². The van der Waals surface area contributed by atoms with E-state index in [-0.39, 0.29) is 51.9 Å². The molecule has 0 N–H and O–H groups in total. The summed E-state index contributed by atoms with van der Waals surface area (Å²) in [6.45, 7) is 7.35. The van der Waals surface area contributed by atoms with Gasteiger partial charge in [-0.15, -0.1) is 0 Å². The lowest BCUT2D eigenvalue weighted by Gasteiger charge is -2.45. The van der Waals surface area contributed by atoms with Crippen molar-refractivity contribution in [1.82, 2.24) is 0 Å². The van der Waals surface area contributed by atoms with Crippen molar-refractivity contribution >= 4 is 57.1 Å². The van der Waals surface area contributed by atoms with Crippen LogP contribution >= 0.6 is 7.82 Å². The number of carbonyl (C=O) groups is 2. The van der Waals surface area contributed by atoms with E-state index < -0.39 is 85.6 Å². The summed E-state index contributed by atoms with van der Waals surface area (Å²) in [6, 6.07) is 41.9. The van der Waals surface area contributed by atoms with E-state index >= 15 is 4.57 Å². The van der Waals surface area contributed by atoms with Crippen LogP contribution in [0.25, 0.3) is 0 Å². The minimum absolute atomic E-state index is 0.130. The lowest BCUT2D eigenvalue weighted by molar-refractivity contribution is -0.147. The van der Waals surface area contributed by atoms with Gasteiger partial charge >= 0.3 is 19.8 Å². The van der Waals surface area contributed by atoms with Crippen LogP contribution in [0.3, 0.4) is 0 Å². The topological polar surface area (TPSA) is 140 Å². The van der Waals surface area contributed by atoms with Crippen LogP contribution in [-0.4, -0.2) is 73.8 Å². The Balaban J connectivity index is 1.62. The SMILES string of the molecule is [2H]C([2H])([2H])CCCCCCCCCCC(=O)OC[C@@H](COP(=O)(OCCC#N)OC[C@H](COC(=O)CCCCCCCCCCC([2H])([2H])[2H])O[Si](c1ccccc1)(c1ccccc1)C(C)(C)C)O[Si](c1ccccc1)(c1ccccc1)C(C)(C)C. The molecule has 79 heavy (non-hydrogen) atoms. The number of esters is 2. The molecule has 0 aliphatic heterocycles. The van der Waals surface area contributed by atoms with Gasteiger partial charge in [-0.05, 0) is 43.7 Å². The molecule has 0 aromatic heterocycles. The summed E-state index contributed by atoms with van der Waals surface area (Å²) in [5, 5.41) is 12.5. The first-order valence-electron chi connectivity index (χ1n) is 32.1. The molecule has 4 rings (SSSR count). The van der Waals surface area contributed by atoms with Crippen LogP contribution in [0.15, 0.2) is 121 Å². The Morgan fingerprint density at radius 3 is 1.08 bits per heavy atom. The Morgan fingerprint density at radius 1 is 0.481 bits per heavy atom. The van der Waals surface area contributed by atoms with E-state index in [1.54, 1.807) is 0 Å². The number of hydrogen-bond donors (Lipinski definition) is 0. The van der Waals surface area contributed by atoms with Crippen LogP contribution in [0, 0.1) is 11.3 Å². The van der Waals surface area contributed by atoms with Gasteiger partial charge in [0, 0.05) is 21.1 Å². The molecule has 2 atom stereocenters. The van der Waals surface area contributed by atoms with Crippen molar-refractivity contribution < 1.29 is 54.3 Å².